The molecule has 1 aromatic rings. The maximum absolute atomic E-state index is 5.84. The second kappa shape index (κ2) is 10.0. The first-order valence-electron chi connectivity index (χ1n) is 7.43. The molecule has 0 fully saturated rings. The van der Waals surface area contributed by atoms with Crippen molar-refractivity contribution in [1.29, 1.82) is 0 Å². The van der Waals surface area contributed by atoms with Gasteiger partial charge in [-0.3, -0.25) is 0 Å². The summed E-state index contributed by atoms with van der Waals surface area (Å²) in [6, 6.07) is 4.10. The Morgan fingerprint density at radius 3 is 2.62 bits per heavy atom. The van der Waals surface area contributed by atoms with Crippen molar-refractivity contribution in [3.63, 3.8) is 0 Å². The first kappa shape index (κ1) is 18.3. The van der Waals surface area contributed by atoms with Crippen molar-refractivity contribution in [3.05, 3.63) is 22.2 Å². The molecule has 0 aromatic heterocycles. The van der Waals surface area contributed by atoms with Crippen LogP contribution in [0.3, 0.4) is 0 Å². The Labute approximate surface area is 136 Å². The van der Waals surface area contributed by atoms with Gasteiger partial charge in [-0.15, -0.1) is 0 Å². The molecule has 1 atom stereocenters. The van der Waals surface area contributed by atoms with E-state index in [2.05, 4.69) is 34.2 Å². The number of benzene rings is 1. The molecule has 0 aliphatic rings. The summed E-state index contributed by atoms with van der Waals surface area (Å²) in [6.45, 7) is 9.01. The molecule has 5 heteroatoms. The molecule has 1 N–H and O–H groups in total. The van der Waals surface area contributed by atoms with Crippen LogP contribution >= 0.6 is 15.9 Å². The lowest BCUT2D eigenvalue weighted by atomic mass is 10.2. The van der Waals surface area contributed by atoms with Crippen molar-refractivity contribution in [2.45, 2.75) is 39.8 Å². The highest BCUT2D eigenvalue weighted by atomic mass is 79.9. The summed E-state index contributed by atoms with van der Waals surface area (Å²) >= 11 is 3.58. The summed E-state index contributed by atoms with van der Waals surface area (Å²) in [5.41, 5.74) is 1.17. The van der Waals surface area contributed by atoms with Crippen molar-refractivity contribution < 1.29 is 14.2 Å². The van der Waals surface area contributed by atoms with E-state index in [1.54, 1.807) is 7.11 Å². The highest BCUT2D eigenvalue weighted by Crippen LogP contribution is 2.37. The highest BCUT2D eigenvalue weighted by molar-refractivity contribution is 9.10. The van der Waals surface area contributed by atoms with Crippen LogP contribution in [-0.4, -0.2) is 33.0 Å². The second-order valence-electron chi connectivity index (χ2n) is 4.87. The largest absolute Gasteiger partial charge is 0.490 e. The number of rotatable bonds is 10. The molecule has 0 aliphatic carbocycles. The maximum Gasteiger partial charge on any atom is 0.175 e. The molecular weight excluding hydrogens is 334 g/mol. The van der Waals surface area contributed by atoms with E-state index in [-0.39, 0.29) is 6.10 Å². The molecule has 0 saturated heterocycles. The molecule has 1 rings (SSSR count). The zero-order chi connectivity index (χ0) is 15.7. The number of hydrogen-bond acceptors (Lipinski definition) is 4. The zero-order valence-corrected chi connectivity index (χ0v) is 15.0. The van der Waals surface area contributed by atoms with E-state index in [0.717, 1.165) is 35.5 Å². The molecule has 4 nitrogen and oxygen atoms in total. The predicted octanol–water partition coefficient (Wildman–Crippen LogP) is 3.76. The van der Waals surface area contributed by atoms with Crippen LogP contribution in [0.2, 0.25) is 0 Å². The number of hydrogen-bond donors (Lipinski definition) is 1. The van der Waals surface area contributed by atoms with Gasteiger partial charge in [0, 0.05) is 13.7 Å². The Balaban J connectivity index is 2.85. The third-order valence-corrected chi connectivity index (χ3v) is 3.58. The Kier molecular flexibility index (Phi) is 8.73. The van der Waals surface area contributed by atoms with E-state index in [1.165, 1.54) is 5.56 Å². The molecule has 21 heavy (non-hydrogen) atoms. The van der Waals surface area contributed by atoms with Crippen molar-refractivity contribution in [2.24, 2.45) is 0 Å². The SMILES string of the molecule is CCCNCc1cc(Br)c(OCC(C)OC)c(OCC)c1. The normalized spacial score (nSPS) is 12.2. The molecule has 0 radical (unpaired) electrons. The summed E-state index contributed by atoms with van der Waals surface area (Å²) in [4.78, 5) is 0. The number of methoxy groups -OCH3 is 1. The monoisotopic (exact) mass is 359 g/mol. The lowest BCUT2D eigenvalue weighted by Gasteiger charge is -2.17. The fraction of sp³-hybridized carbons (Fsp3) is 0.625. The van der Waals surface area contributed by atoms with Gasteiger partial charge in [0.1, 0.15) is 6.61 Å². The topological polar surface area (TPSA) is 39.7 Å². The van der Waals surface area contributed by atoms with Gasteiger partial charge in [0.2, 0.25) is 0 Å². The van der Waals surface area contributed by atoms with Crippen LogP contribution in [0.1, 0.15) is 32.8 Å². The van der Waals surface area contributed by atoms with Crippen LogP contribution in [0.25, 0.3) is 0 Å². The quantitative estimate of drug-likeness (QED) is 0.645. The fourth-order valence-electron chi connectivity index (χ4n) is 1.80. The number of nitrogens with one attached hydrogen (secondary N) is 1. The summed E-state index contributed by atoms with van der Waals surface area (Å²) in [7, 11) is 1.68. The van der Waals surface area contributed by atoms with E-state index >= 15 is 0 Å². The van der Waals surface area contributed by atoms with Gasteiger partial charge in [0.05, 0.1) is 17.2 Å². The molecule has 1 unspecified atom stereocenters. The van der Waals surface area contributed by atoms with Crippen LogP contribution in [0.5, 0.6) is 11.5 Å². The summed E-state index contributed by atoms with van der Waals surface area (Å²) in [6.07, 6.45) is 1.16. The highest BCUT2D eigenvalue weighted by Gasteiger charge is 2.13. The van der Waals surface area contributed by atoms with E-state index in [1.807, 2.05) is 19.9 Å². The van der Waals surface area contributed by atoms with Crippen LogP contribution in [0, 0.1) is 0 Å². The van der Waals surface area contributed by atoms with Crippen molar-refractivity contribution in [1.82, 2.24) is 5.32 Å². The first-order chi connectivity index (χ1) is 10.1. The molecular formula is C16H26BrNO3. The van der Waals surface area contributed by atoms with Gasteiger partial charge in [0.15, 0.2) is 11.5 Å². The van der Waals surface area contributed by atoms with Gasteiger partial charge in [-0.25, -0.2) is 0 Å². The number of halogens is 1. The van der Waals surface area contributed by atoms with Gasteiger partial charge in [-0.2, -0.15) is 0 Å². The van der Waals surface area contributed by atoms with Gasteiger partial charge in [-0.05, 0) is 60.4 Å². The molecule has 0 amide bonds. The summed E-state index contributed by atoms with van der Waals surface area (Å²) < 4.78 is 17.7. The van der Waals surface area contributed by atoms with Crippen LogP contribution in [0.4, 0.5) is 0 Å². The van der Waals surface area contributed by atoms with E-state index in [9.17, 15) is 0 Å². The Hall–Kier alpha value is -0.780. The Bertz CT molecular complexity index is 426. The van der Waals surface area contributed by atoms with Crippen molar-refractivity contribution >= 4 is 15.9 Å². The average Bonchev–Trinajstić information content (AvgIpc) is 2.46. The fourth-order valence-corrected chi connectivity index (χ4v) is 2.41. The molecule has 0 spiro atoms. The number of ether oxygens (including phenoxy) is 3. The molecule has 0 aliphatic heterocycles. The van der Waals surface area contributed by atoms with Gasteiger partial charge >= 0.3 is 0 Å². The van der Waals surface area contributed by atoms with E-state index in [0.29, 0.717) is 13.2 Å². The van der Waals surface area contributed by atoms with Crippen molar-refractivity contribution in [3.8, 4) is 11.5 Å². The third kappa shape index (κ3) is 6.24. The minimum absolute atomic E-state index is 0.0391. The standard InChI is InChI=1S/C16H26BrNO3/c1-5-7-18-10-13-8-14(17)16(15(9-13)20-6-2)21-11-12(3)19-4/h8-9,12,18H,5-7,10-11H2,1-4H3. The molecule has 0 saturated carbocycles. The van der Waals surface area contributed by atoms with Crippen LogP contribution in [-0.2, 0) is 11.3 Å². The second-order valence-corrected chi connectivity index (χ2v) is 5.73. The minimum atomic E-state index is 0.0391. The average molecular weight is 360 g/mol. The van der Waals surface area contributed by atoms with Gasteiger partial charge in [0.25, 0.3) is 0 Å². The van der Waals surface area contributed by atoms with Gasteiger partial charge in [-0.1, -0.05) is 6.92 Å². The van der Waals surface area contributed by atoms with Gasteiger partial charge < -0.3 is 19.5 Å². The minimum Gasteiger partial charge on any atom is -0.490 e. The molecule has 120 valence electrons. The summed E-state index contributed by atoms with van der Waals surface area (Å²) in [5, 5.41) is 3.39. The molecule has 0 bridgehead atoms. The van der Waals surface area contributed by atoms with E-state index in [4.69, 9.17) is 14.2 Å². The Morgan fingerprint density at radius 2 is 2.00 bits per heavy atom. The van der Waals surface area contributed by atoms with Crippen molar-refractivity contribution in [2.75, 3.05) is 26.9 Å². The third-order valence-electron chi connectivity index (χ3n) is 2.99. The Morgan fingerprint density at radius 1 is 1.24 bits per heavy atom. The van der Waals surface area contributed by atoms with E-state index < -0.39 is 0 Å². The first-order valence-corrected chi connectivity index (χ1v) is 8.23. The smallest absolute Gasteiger partial charge is 0.175 e. The lowest BCUT2D eigenvalue weighted by Crippen LogP contribution is -2.17. The zero-order valence-electron chi connectivity index (χ0n) is 13.4. The maximum atomic E-state index is 5.84. The predicted molar refractivity (Wildman–Crippen MR) is 89.3 cm³/mol. The lowest BCUT2D eigenvalue weighted by molar-refractivity contribution is 0.0700. The molecule has 0 heterocycles. The van der Waals surface area contributed by atoms with Crippen LogP contribution < -0.4 is 14.8 Å². The summed E-state index contributed by atoms with van der Waals surface area (Å²) in [5.74, 6) is 1.50. The van der Waals surface area contributed by atoms with Crippen LogP contribution in [0.15, 0.2) is 16.6 Å². The molecule has 1 aromatic carbocycles.